The summed E-state index contributed by atoms with van der Waals surface area (Å²) in [5.74, 6) is 3.40. The summed E-state index contributed by atoms with van der Waals surface area (Å²) in [5.41, 5.74) is 2.57. The van der Waals surface area contributed by atoms with Crippen LogP contribution in [0.5, 0.6) is 5.75 Å². The molecule has 1 unspecified atom stereocenters. The third-order valence-corrected chi connectivity index (χ3v) is 4.28. The predicted octanol–water partition coefficient (Wildman–Crippen LogP) is 4.58. The van der Waals surface area contributed by atoms with Crippen LogP contribution in [0.1, 0.15) is 50.8 Å². The van der Waals surface area contributed by atoms with E-state index in [-0.39, 0.29) is 0 Å². The fourth-order valence-corrected chi connectivity index (χ4v) is 2.68. The minimum Gasteiger partial charge on any atom is -0.493 e. The lowest BCUT2D eigenvalue weighted by Crippen LogP contribution is -2.19. The van der Waals surface area contributed by atoms with Gasteiger partial charge in [0.05, 0.1) is 6.61 Å². The van der Waals surface area contributed by atoms with Gasteiger partial charge in [0.15, 0.2) is 0 Å². The molecule has 0 bridgehead atoms. The van der Waals surface area contributed by atoms with Crippen LogP contribution < -0.4 is 10.1 Å². The minimum atomic E-state index is 0.406. The molecule has 1 atom stereocenters. The Kier molecular flexibility index (Phi) is 8.79. The third-order valence-electron chi connectivity index (χ3n) is 3.29. The smallest absolute Gasteiger partial charge is 0.122 e. The van der Waals surface area contributed by atoms with Crippen LogP contribution in [0.4, 0.5) is 0 Å². The average Bonchev–Trinajstić information content (AvgIpc) is 2.46. The van der Waals surface area contributed by atoms with E-state index in [1.54, 1.807) is 0 Å². The molecule has 0 saturated carbocycles. The number of ether oxygens (including phenoxy) is 1. The van der Waals surface area contributed by atoms with E-state index in [9.17, 15) is 0 Å². The van der Waals surface area contributed by atoms with Crippen LogP contribution in [0.3, 0.4) is 0 Å². The van der Waals surface area contributed by atoms with Gasteiger partial charge in [-0.25, -0.2) is 0 Å². The lowest BCUT2D eigenvalue weighted by Gasteiger charge is -2.16. The minimum absolute atomic E-state index is 0.406. The van der Waals surface area contributed by atoms with Gasteiger partial charge in [0.25, 0.3) is 0 Å². The molecule has 3 heteroatoms. The van der Waals surface area contributed by atoms with Gasteiger partial charge in [-0.3, -0.25) is 0 Å². The molecule has 0 aliphatic rings. The molecule has 0 saturated heterocycles. The number of hydrogen-bond acceptors (Lipinski definition) is 3. The Bertz CT molecular complexity index is 381. The van der Waals surface area contributed by atoms with Crippen molar-refractivity contribution in [1.82, 2.24) is 5.32 Å². The van der Waals surface area contributed by atoms with Gasteiger partial charge < -0.3 is 10.1 Å². The number of benzene rings is 1. The van der Waals surface area contributed by atoms with Crippen LogP contribution in [-0.4, -0.2) is 24.7 Å². The van der Waals surface area contributed by atoms with E-state index in [1.807, 2.05) is 11.8 Å². The first-order valence-corrected chi connectivity index (χ1v) is 8.89. The van der Waals surface area contributed by atoms with Gasteiger partial charge in [-0.2, -0.15) is 11.8 Å². The van der Waals surface area contributed by atoms with E-state index in [1.165, 1.54) is 29.1 Å². The molecule has 0 radical (unpaired) electrons. The Morgan fingerprint density at radius 1 is 1.30 bits per heavy atom. The van der Waals surface area contributed by atoms with Crippen molar-refractivity contribution in [3.8, 4) is 5.75 Å². The van der Waals surface area contributed by atoms with E-state index in [0.717, 1.165) is 25.3 Å². The first-order valence-electron chi connectivity index (χ1n) is 7.73. The highest BCUT2D eigenvalue weighted by molar-refractivity contribution is 7.99. The standard InChI is InChI=1S/C17H29NOS/c1-5-10-18-15(4)16-8-9-17(14(3)13-16)19-11-7-12-20-6-2/h8-9,13,15,18H,5-7,10-12H2,1-4H3. The molecule has 20 heavy (non-hydrogen) atoms. The molecular formula is C17H29NOS. The van der Waals surface area contributed by atoms with Crippen LogP contribution in [-0.2, 0) is 0 Å². The molecule has 1 aromatic rings. The van der Waals surface area contributed by atoms with Crippen LogP contribution in [0.25, 0.3) is 0 Å². The van der Waals surface area contributed by atoms with Crippen LogP contribution >= 0.6 is 11.8 Å². The molecule has 1 aromatic carbocycles. The van der Waals surface area contributed by atoms with Crippen LogP contribution in [0, 0.1) is 6.92 Å². The number of rotatable bonds is 10. The van der Waals surface area contributed by atoms with Gasteiger partial charge in [-0.05, 0) is 61.9 Å². The van der Waals surface area contributed by atoms with Gasteiger partial charge in [-0.15, -0.1) is 0 Å². The fraction of sp³-hybridized carbons (Fsp3) is 0.647. The molecule has 0 aliphatic heterocycles. The first kappa shape index (κ1) is 17.4. The van der Waals surface area contributed by atoms with Crippen molar-refractivity contribution in [2.75, 3.05) is 24.7 Å². The van der Waals surface area contributed by atoms with Crippen molar-refractivity contribution >= 4 is 11.8 Å². The second kappa shape index (κ2) is 10.1. The Labute approximate surface area is 128 Å². The fourth-order valence-electron chi connectivity index (χ4n) is 2.07. The highest BCUT2D eigenvalue weighted by atomic mass is 32.2. The van der Waals surface area contributed by atoms with E-state index < -0.39 is 0 Å². The number of nitrogens with one attached hydrogen (secondary N) is 1. The van der Waals surface area contributed by atoms with Gasteiger partial charge in [0.1, 0.15) is 5.75 Å². The topological polar surface area (TPSA) is 21.3 Å². The summed E-state index contributed by atoms with van der Waals surface area (Å²) < 4.78 is 5.87. The molecule has 0 aliphatic carbocycles. The SMILES string of the molecule is CCCNC(C)c1ccc(OCCCSCC)c(C)c1. The monoisotopic (exact) mass is 295 g/mol. The van der Waals surface area contributed by atoms with E-state index in [0.29, 0.717) is 6.04 Å². The van der Waals surface area contributed by atoms with Crippen molar-refractivity contribution in [2.45, 2.75) is 46.6 Å². The van der Waals surface area contributed by atoms with Gasteiger partial charge in [0.2, 0.25) is 0 Å². The molecular weight excluding hydrogens is 266 g/mol. The van der Waals surface area contributed by atoms with Crippen molar-refractivity contribution in [3.05, 3.63) is 29.3 Å². The summed E-state index contributed by atoms with van der Waals surface area (Å²) in [4.78, 5) is 0. The average molecular weight is 295 g/mol. The summed E-state index contributed by atoms with van der Waals surface area (Å²) in [7, 11) is 0. The van der Waals surface area contributed by atoms with E-state index in [2.05, 4.69) is 51.2 Å². The molecule has 0 aromatic heterocycles. The number of hydrogen-bond donors (Lipinski definition) is 1. The van der Waals surface area contributed by atoms with E-state index >= 15 is 0 Å². The Hall–Kier alpha value is -0.670. The zero-order chi connectivity index (χ0) is 14.8. The highest BCUT2D eigenvalue weighted by Gasteiger charge is 2.07. The molecule has 2 nitrogen and oxygen atoms in total. The summed E-state index contributed by atoms with van der Waals surface area (Å²) in [6.45, 7) is 10.6. The molecule has 0 amide bonds. The third kappa shape index (κ3) is 6.19. The summed E-state index contributed by atoms with van der Waals surface area (Å²) in [6.07, 6.45) is 2.29. The normalized spacial score (nSPS) is 12.4. The molecule has 1 rings (SSSR count). The molecule has 0 spiro atoms. The molecule has 114 valence electrons. The maximum absolute atomic E-state index is 5.87. The molecule has 1 N–H and O–H groups in total. The maximum atomic E-state index is 5.87. The largest absolute Gasteiger partial charge is 0.493 e. The second-order valence-electron chi connectivity index (χ2n) is 5.10. The van der Waals surface area contributed by atoms with Crippen molar-refractivity contribution in [1.29, 1.82) is 0 Å². The Balaban J connectivity index is 2.46. The number of thioether (sulfide) groups is 1. The Morgan fingerprint density at radius 3 is 2.75 bits per heavy atom. The lowest BCUT2D eigenvalue weighted by molar-refractivity contribution is 0.316. The summed E-state index contributed by atoms with van der Waals surface area (Å²) >= 11 is 1.97. The first-order chi connectivity index (χ1) is 9.69. The number of aryl methyl sites for hydroxylation is 1. The maximum Gasteiger partial charge on any atom is 0.122 e. The summed E-state index contributed by atoms with van der Waals surface area (Å²) in [6, 6.07) is 6.94. The van der Waals surface area contributed by atoms with Crippen LogP contribution in [0.2, 0.25) is 0 Å². The molecule has 0 heterocycles. The van der Waals surface area contributed by atoms with Crippen molar-refractivity contribution in [3.63, 3.8) is 0 Å². The zero-order valence-corrected chi connectivity index (χ0v) is 14.2. The summed E-state index contributed by atoms with van der Waals surface area (Å²) in [5, 5.41) is 3.52. The second-order valence-corrected chi connectivity index (χ2v) is 6.49. The molecule has 0 fully saturated rings. The van der Waals surface area contributed by atoms with Crippen molar-refractivity contribution < 1.29 is 4.74 Å². The zero-order valence-electron chi connectivity index (χ0n) is 13.4. The Morgan fingerprint density at radius 2 is 2.10 bits per heavy atom. The lowest BCUT2D eigenvalue weighted by atomic mass is 10.0. The van der Waals surface area contributed by atoms with Gasteiger partial charge in [0, 0.05) is 6.04 Å². The van der Waals surface area contributed by atoms with Crippen molar-refractivity contribution in [2.24, 2.45) is 0 Å². The predicted molar refractivity (Wildman–Crippen MR) is 91.0 cm³/mol. The van der Waals surface area contributed by atoms with Gasteiger partial charge in [-0.1, -0.05) is 26.0 Å². The quantitative estimate of drug-likeness (QED) is 0.639. The van der Waals surface area contributed by atoms with Crippen LogP contribution in [0.15, 0.2) is 18.2 Å². The highest BCUT2D eigenvalue weighted by Crippen LogP contribution is 2.23. The van der Waals surface area contributed by atoms with Gasteiger partial charge >= 0.3 is 0 Å². The van der Waals surface area contributed by atoms with E-state index in [4.69, 9.17) is 4.74 Å².